The largest absolute Gasteiger partial charge is 0.306 e. The van der Waals surface area contributed by atoms with Crippen LogP contribution in [0.15, 0.2) is 65.5 Å². The maximum absolute atomic E-state index is 12.5. The molecule has 0 radical (unpaired) electrons. The summed E-state index contributed by atoms with van der Waals surface area (Å²) < 4.78 is 0. The predicted octanol–water partition coefficient (Wildman–Crippen LogP) is 4.38. The average Bonchev–Trinajstić information content (AvgIpc) is 2.66. The summed E-state index contributed by atoms with van der Waals surface area (Å²) in [5.41, 5.74) is 3.07. The first-order valence-corrected chi connectivity index (χ1v) is 8.82. The molecule has 26 heavy (non-hydrogen) atoms. The van der Waals surface area contributed by atoms with Crippen molar-refractivity contribution < 1.29 is 4.79 Å². The topological polar surface area (TPSA) is 62.8 Å². The molecule has 0 unspecified atom stereocenters. The minimum Gasteiger partial charge on any atom is -0.306 e. The van der Waals surface area contributed by atoms with Crippen LogP contribution in [-0.2, 0) is 6.42 Å². The Hall–Kier alpha value is -3.01. The Morgan fingerprint density at radius 1 is 1.04 bits per heavy atom. The van der Waals surface area contributed by atoms with Gasteiger partial charge in [-0.25, -0.2) is 4.98 Å². The Labute approximate surface area is 152 Å². The number of hydrogen-bond donors (Lipinski definition) is 1. The standard InChI is InChI=1S/C22H22N2O2/c1-15(2)17-11-8-16(9-12-17)10-13-20(25)19-14-21(26)24-22(23-19)18-6-4-3-5-7-18/h3-9,11-12,14-15H,10,13H2,1-2H3,(H,23,24,26). The molecule has 0 spiro atoms. The van der Waals surface area contributed by atoms with Crippen LogP contribution in [0.5, 0.6) is 0 Å². The quantitative estimate of drug-likeness (QED) is 0.674. The van der Waals surface area contributed by atoms with Gasteiger partial charge < -0.3 is 4.98 Å². The molecule has 0 aliphatic heterocycles. The van der Waals surface area contributed by atoms with E-state index >= 15 is 0 Å². The summed E-state index contributed by atoms with van der Waals surface area (Å²) in [4.78, 5) is 31.5. The van der Waals surface area contributed by atoms with Gasteiger partial charge in [-0.1, -0.05) is 68.4 Å². The molecule has 0 amide bonds. The van der Waals surface area contributed by atoms with E-state index in [4.69, 9.17) is 0 Å². The van der Waals surface area contributed by atoms with Gasteiger partial charge in [0.05, 0.1) is 0 Å². The molecule has 3 rings (SSSR count). The van der Waals surface area contributed by atoms with Crippen LogP contribution in [0.1, 0.15) is 47.8 Å². The molecule has 1 N–H and O–H groups in total. The Morgan fingerprint density at radius 3 is 2.38 bits per heavy atom. The number of benzene rings is 2. The average molecular weight is 346 g/mol. The third kappa shape index (κ3) is 4.33. The first-order valence-electron chi connectivity index (χ1n) is 8.82. The number of aromatic amines is 1. The van der Waals surface area contributed by atoms with Gasteiger partial charge in [0.15, 0.2) is 5.78 Å². The molecular formula is C22H22N2O2. The molecule has 0 aliphatic carbocycles. The van der Waals surface area contributed by atoms with Gasteiger partial charge in [0.1, 0.15) is 11.5 Å². The maximum Gasteiger partial charge on any atom is 0.251 e. The van der Waals surface area contributed by atoms with Crippen LogP contribution >= 0.6 is 0 Å². The smallest absolute Gasteiger partial charge is 0.251 e. The lowest BCUT2D eigenvalue weighted by molar-refractivity contribution is 0.0978. The van der Waals surface area contributed by atoms with Crippen LogP contribution in [0.3, 0.4) is 0 Å². The van der Waals surface area contributed by atoms with Crippen molar-refractivity contribution in [3.05, 3.63) is 87.8 Å². The number of aryl methyl sites for hydroxylation is 1. The van der Waals surface area contributed by atoms with Gasteiger partial charge >= 0.3 is 0 Å². The molecule has 3 aromatic rings. The molecule has 0 aliphatic rings. The number of hydrogen-bond acceptors (Lipinski definition) is 3. The Balaban J connectivity index is 1.73. The van der Waals surface area contributed by atoms with Crippen LogP contribution < -0.4 is 5.56 Å². The number of nitrogens with one attached hydrogen (secondary N) is 1. The summed E-state index contributed by atoms with van der Waals surface area (Å²) in [7, 11) is 0. The van der Waals surface area contributed by atoms with E-state index in [1.165, 1.54) is 11.6 Å². The van der Waals surface area contributed by atoms with Crippen LogP contribution in [0, 0.1) is 0 Å². The second-order valence-corrected chi connectivity index (χ2v) is 6.66. The summed E-state index contributed by atoms with van der Waals surface area (Å²) >= 11 is 0. The fourth-order valence-electron chi connectivity index (χ4n) is 2.79. The van der Waals surface area contributed by atoms with Crippen molar-refractivity contribution >= 4 is 5.78 Å². The first kappa shape index (κ1) is 17.8. The van der Waals surface area contributed by atoms with Crippen LogP contribution in [0.2, 0.25) is 0 Å². The Morgan fingerprint density at radius 2 is 1.73 bits per heavy atom. The molecule has 0 fully saturated rings. The van der Waals surface area contributed by atoms with E-state index in [0.29, 0.717) is 24.6 Å². The van der Waals surface area contributed by atoms with E-state index in [2.05, 4.69) is 48.1 Å². The van der Waals surface area contributed by atoms with E-state index in [1.807, 2.05) is 30.3 Å². The van der Waals surface area contributed by atoms with Crippen molar-refractivity contribution in [2.75, 3.05) is 0 Å². The van der Waals surface area contributed by atoms with E-state index in [0.717, 1.165) is 11.1 Å². The fourth-order valence-corrected chi connectivity index (χ4v) is 2.79. The van der Waals surface area contributed by atoms with Crippen molar-refractivity contribution in [1.82, 2.24) is 9.97 Å². The molecule has 4 heteroatoms. The summed E-state index contributed by atoms with van der Waals surface area (Å²) in [6, 6.07) is 18.9. The van der Waals surface area contributed by atoms with Crippen molar-refractivity contribution in [3.8, 4) is 11.4 Å². The predicted molar refractivity (Wildman–Crippen MR) is 103 cm³/mol. The molecule has 0 bridgehead atoms. The molecule has 0 saturated carbocycles. The molecule has 1 heterocycles. The highest BCUT2D eigenvalue weighted by Crippen LogP contribution is 2.17. The lowest BCUT2D eigenvalue weighted by Crippen LogP contribution is -2.14. The van der Waals surface area contributed by atoms with Crippen LogP contribution in [-0.4, -0.2) is 15.8 Å². The Kier molecular flexibility index (Phi) is 5.42. The van der Waals surface area contributed by atoms with Crippen molar-refractivity contribution in [2.24, 2.45) is 0 Å². The molecule has 0 atom stereocenters. The van der Waals surface area contributed by atoms with Gasteiger partial charge in [0.25, 0.3) is 5.56 Å². The molecule has 0 saturated heterocycles. The third-order valence-electron chi connectivity index (χ3n) is 4.36. The Bertz CT molecular complexity index is 942. The number of aromatic nitrogens is 2. The summed E-state index contributed by atoms with van der Waals surface area (Å²) in [5.74, 6) is 0.784. The second-order valence-electron chi connectivity index (χ2n) is 6.66. The monoisotopic (exact) mass is 346 g/mol. The summed E-state index contributed by atoms with van der Waals surface area (Å²) in [6.07, 6.45) is 0.956. The van der Waals surface area contributed by atoms with Gasteiger partial charge in [0.2, 0.25) is 0 Å². The molecule has 1 aromatic heterocycles. The number of rotatable bonds is 6. The zero-order valence-corrected chi connectivity index (χ0v) is 15.0. The zero-order valence-electron chi connectivity index (χ0n) is 15.0. The molecular weight excluding hydrogens is 324 g/mol. The van der Waals surface area contributed by atoms with Crippen LogP contribution in [0.4, 0.5) is 0 Å². The number of Topliss-reactive ketones (excluding diaryl/α,β-unsaturated/α-hetero) is 1. The number of H-pyrrole nitrogens is 1. The van der Waals surface area contributed by atoms with Crippen molar-refractivity contribution in [2.45, 2.75) is 32.6 Å². The first-order chi connectivity index (χ1) is 12.5. The van der Waals surface area contributed by atoms with E-state index in [9.17, 15) is 9.59 Å². The van der Waals surface area contributed by atoms with Crippen LogP contribution in [0.25, 0.3) is 11.4 Å². The highest BCUT2D eigenvalue weighted by molar-refractivity contribution is 5.94. The van der Waals surface area contributed by atoms with Crippen molar-refractivity contribution in [1.29, 1.82) is 0 Å². The SMILES string of the molecule is CC(C)c1ccc(CCC(=O)c2cc(=O)[nH]c(-c3ccccc3)n2)cc1. The lowest BCUT2D eigenvalue weighted by Gasteiger charge is -2.07. The minimum absolute atomic E-state index is 0.124. The van der Waals surface area contributed by atoms with Gasteiger partial charge in [-0.15, -0.1) is 0 Å². The highest BCUT2D eigenvalue weighted by Gasteiger charge is 2.12. The second kappa shape index (κ2) is 7.91. The van der Waals surface area contributed by atoms with E-state index < -0.39 is 0 Å². The molecule has 2 aromatic carbocycles. The van der Waals surface area contributed by atoms with E-state index in [1.54, 1.807) is 0 Å². The fraction of sp³-hybridized carbons (Fsp3) is 0.227. The minimum atomic E-state index is -0.316. The van der Waals surface area contributed by atoms with Gasteiger partial charge in [-0.2, -0.15) is 0 Å². The number of carbonyl (C=O) groups excluding carboxylic acids is 1. The third-order valence-corrected chi connectivity index (χ3v) is 4.36. The molecule has 4 nitrogen and oxygen atoms in total. The van der Waals surface area contributed by atoms with Gasteiger partial charge in [-0.3, -0.25) is 9.59 Å². The number of ketones is 1. The van der Waals surface area contributed by atoms with Gasteiger partial charge in [0, 0.05) is 18.1 Å². The zero-order chi connectivity index (χ0) is 18.5. The number of carbonyl (C=O) groups is 1. The van der Waals surface area contributed by atoms with Crippen molar-refractivity contribution in [3.63, 3.8) is 0 Å². The summed E-state index contributed by atoms with van der Waals surface area (Å²) in [6.45, 7) is 4.31. The van der Waals surface area contributed by atoms with Gasteiger partial charge in [-0.05, 0) is 23.5 Å². The molecule has 132 valence electrons. The number of nitrogens with zero attached hydrogens (tertiary/aromatic N) is 1. The lowest BCUT2D eigenvalue weighted by atomic mass is 9.99. The van der Waals surface area contributed by atoms with E-state index in [-0.39, 0.29) is 17.0 Å². The summed E-state index contributed by atoms with van der Waals surface area (Å²) in [5, 5.41) is 0. The highest BCUT2D eigenvalue weighted by atomic mass is 16.1. The normalized spacial score (nSPS) is 10.9. The maximum atomic E-state index is 12.5.